The van der Waals surface area contributed by atoms with Gasteiger partial charge in [0.2, 0.25) is 0 Å². The van der Waals surface area contributed by atoms with Crippen molar-refractivity contribution in [3.63, 3.8) is 0 Å². The Kier molecular flexibility index (Phi) is 6.11. The van der Waals surface area contributed by atoms with E-state index in [-0.39, 0.29) is 6.10 Å². The van der Waals surface area contributed by atoms with Crippen molar-refractivity contribution in [2.75, 3.05) is 25.5 Å². The fourth-order valence-electron chi connectivity index (χ4n) is 4.04. The lowest BCUT2D eigenvalue weighted by Gasteiger charge is -2.46. The topological polar surface area (TPSA) is 12.5 Å². The van der Waals surface area contributed by atoms with E-state index in [1.807, 2.05) is 0 Å². The van der Waals surface area contributed by atoms with E-state index >= 15 is 0 Å². The van der Waals surface area contributed by atoms with Gasteiger partial charge < -0.3 is 4.74 Å². The second-order valence-electron chi connectivity index (χ2n) is 7.32. The number of hydrogen-bond donors (Lipinski definition) is 0. The summed E-state index contributed by atoms with van der Waals surface area (Å²) >= 11 is 5.85. The van der Waals surface area contributed by atoms with Crippen LogP contribution >= 0.6 is 11.6 Å². The summed E-state index contributed by atoms with van der Waals surface area (Å²) < 4.78 is 6.97. The third-order valence-electron chi connectivity index (χ3n) is 5.42. The molecular weight excluding hydrogens is 366 g/mol. The minimum absolute atomic E-state index is 0.191. The number of rotatable bonds is 8. The maximum Gasteiger partial charge on any atom is 0.144 e. The molecule has 1 fully saturated rings. The van der Waals surface area contributed by atoms with Gasteiger partial charge in [-0.05, 0) is 29.7 Å². The van der Waals surface area contributed by atoms with Crippen molar-refractivity contribution in [3.05, 3.63) is 108 Å². The summed E-state index contributed by atoms with van der Waals surface area (Å²) in [5.41, 5.74) is 2.86. The van der Waals surface area contributed by atoms with Crippen LogP contribution in [-0.2, 0) is 10.3 Å². The van der Waals surface area contributed by atoms with Gasteiger partial charge in [-0.15, -0.1) is 11.6 Å². The molecule has 0 bridgehead atoms. The fourth-order valence-corrected chi connectivity index (χ4v) is 4.16. The van der Waals surface area contributed by atoms with Crippen molar-refractivity contribution >= 4 is 11.6 Å². The first kappa shape index (κ1) is 19.2. The number of ether oxygens (including phenoxy) is 1. The SMILES string of the molecule is ClCCCN1CC(OC(c2ccccc2)(c2ccccc2)c2ccccc2)C1. The van der Waals surface area contributed by atoms with Gasteiger partial charge >= 0.3 is 0 Å². The monoisotopic (exact) mass is 391 g/mol. The van der Waals surface area contributed by atoms with Crippen LogP contribution in [0.1, 0.15) is 23.1 Å². The number of hydrogen-bond acceptors (Lipinski definition) is 2. The van der Waals surface area contributed by atoms with E-state index in [9.17, 15) is 0 Å². The lowest BCUT2D eigenvalue weighted by atomic mass is 9.79. The van der Waals surface area contributed by atoms with Gasteiger partial charge in [-0.2, -0.15) is 0 Å². The average Bonchev–Trinajstić information content (AvgIpc) is 2.74. The molecule has 4 rings (SSSR count). The normalized spacial score (nSPS) is 15.3. The highest BCUT2D eigenvalue weighted by Crippen LogP contribution is 2.42. The quantitative estimate of drug-likeness (QED) is 0.381. The Labute approximate surface area is 172 Å². The highest BCUT2D eigenvalue weighted by molar-refractivity contribution is 6.17. The van der Waals surface area contributed by atoms with Crippen LogP contribution in [0.5, 0.6) is 0 Å². The largest absolute Gasteiger partial charge is 0.355 e. The molecule has 1 aliphatic rings. The van der Waals surface area contributed by atoms with Gasteiger partial charge in [0.05, 0.1) is 6.10 Å². The number of alkyl halides is 1. The Balaban J connectivity index is 1.74. The van der Waals surface area contributed by atoms with Crippen molar-refractivity contribution in [2.45, 2.75) is 18.1 Å². The van der Waals surface area contributed by atoms with Gasteiger partial charge in [0, 0.05) is 19.0 Å². The van der Waals surface area contributed by atoms with Gasteiger partial charge in [0.1, 0.15) is 5.60 Å². The minimum atomic E-state index is -0.618. The molecule has 3 heteroatoms. The molecule has 2 nitrogen and oxygen atoms in total. The number of likely N-dealkylation sites (tertiary alicyclic amines) is 1. The van der Waals surface area contributed by atoms with E-state index in [4.69, 9.17) is 16.3 Å². The molecule has 0 aromatic heterocycles. The van der Waals surface area contributed by atoms with Crippen molar-refractivity contribution in [2.24, 2.45) is 0 Å². The second kappa shape index (κ2) is 8.91. The molecule has 3 aromatic carbocycles. The first-order valence-corrected chi connectivity index (χ1v) is 10.5. The molecule has 0 saturated carbocycles. The molecule has 1 heterocycles. The lowest BCUT2D eigenvalue weighted by Crippen LogP contribution is -2.55. The molecule has 1 saturated heterocycles. The summed E-state index contributed by atoms with van der Waals surface area (Å²) in [7, 11) is 0. The van der Waals surface area contributed by atoms with E-state index in [1.165, 1.54) is 0 Å². The van der Waals surface area contributed by atoms with Gasteiger partial charge in [-0.3, -0.25) is 4.90 Å². The highest BCUT2D eigenvalue weighted by Gasteiger charge is 2.42. The zero-order valence-electron chi connectivity index (χ0n) is 16.0. The van der Waals surface area contributed by atoms with Gasteiger partial charge in [-0.25, -0.2) is 0 Å². The Morgan fingerprint density at radius 1 is 0.750 bits per heavy atom. The van der Waals surface area contributed by atoms with E-state index in [0.29, 0.717) is 5.88 Å². The summed E-state index contributed by atoms with van der Waals surface area (Å²) in [5.74, 6) is 0.712. The highest BCUT2D eigenvalue weighted by atomic mass is 35.5. The molecule has 0 spiro atoms. The molecule has 28 heavy (non-hydrogen) atoms. The fraction of sp³-hybridized carbons (Fsp3) is 0.280. The first-order chi connectivity index (χ1) is 13.8. The Bertz CT molecular complexity index is 751. The summed E-state index contributed by atoms with van der Waals surface area (Å²) in [6.45, 7) is 2.94. The van der Waals surface area contributed by atoms with Crippen LogP contribution in [0.15, 0.2) is 91.0 Å². The molecule has 0 N–H and O–H groups in total. The molecule has 0 amide bonds. The average molecular weight is 392 g/mol. The zero-order chi connectivity index (χ0) is 19.2. The Morgan fingerprint density at radius 2 is 1.18 bits per heavy atom. The zero-order valence-corrected chi connectivity index (χ0v) is 16.8. The Morgan fingerprint density at radius 3 is 1.57 bits per heavy atom. The van der Waals surface area contributed by atoms with Crippen molar-refractivity contribution in [1.29, 1.82) is 0 Å². The lowest BCUT2D eigenvalue weighted by molar-refractivity contribution is -0.116. The van der Waals surface area contributed by atoms with Crippen LogP contribution in [0.4, 0.5) is 0 Å². The molecule has 0 aliphatic carbocycles. The molecule has 0 radical (unpaired) electrons. The van der Waals surface area contributed by atoms with Gasteiger partial charge in [0.25, 0.3) is 0 Å². The molecule has 0 atom stereocenters. The van der Waals surface area contributed by atoms with Crippen LogP contribution in [0.25, 0.3) is 0 Å². The molecule has 3 aromatic rings. The molecular formula is C25H26ClNO. The van der Waals surface area contributed by atoms with Crippen LogP contribution in [-0.4, -0.2) is 36.5 Å². The summed E-state index contributed by atoms with van der Waals surface area (Å²) in [4.78, 5) is 2.42. The van der Waals surface area contributed by atoms with Crippen molar-refractivity contribution < 1.29 is 4.74 Å². The molecule has 1 aliphatic heterocycles. The third kappa shape index (κ3) is 3.86. The van der Waals surface area contributed by atoms with E-state index in [0.717, 1.165) is 42.7 Å². The molecule has 144 valence electrons. The van der Waals surface area contributed by atoms with E-state index < -0.39 is 5.60 Å². The van der Waals surface area contributed by atoms with Crippen molar-refractivity contribution in [3.8, 4) is 0 Å². The van der Waals surface area contributed by atoms with E-state index in [2.05, 4.69) is 95.9 Å². The smallest absolute Gasteiger partial charge is 0.144 e. The Hall–Kier alpha value is -2.13. The predicted octanol–water partition coefficient (Wildman–Crippen LogP) is 5.31. The van der Waals surface area contributed by atoms with Crippen LogP contribution < -0.4 is 0 Å². The maximum absolute atomic E-state index is 6.97. The van der Waals surface area contributed by atoms with Crippen LogP contribution in [0, 0.1) is 0 Å². The van der Waals surface area contributed by atoms with Crippen molar-refractivity contribution in [1.82, 2.24) is 4.90 Å². The number of nitrogens with zero attached hydrogens (tertiary/aromatic N) is 1. The van der Waals surface area contributed by atoms with Gasteiger partial charge in [-0.1, -0.05) is 91.0 Å². The second-order valence-corrected chi connectivity index (χ2v) is 7.70. The summed E-state index contributed by atoms with van der Waals surface area (Å²) in [6.07, 6.45) is 1.21. The van der Waals surface area contributed by atoms with Crippen LogP contribution in [0.2, 0.25) is 0 Å². The number of halogens is 1. The standard InChI is InChI=1S/C25H26ClNO/c26-17-10-18-27-19-24(20-27)28-25(21-11-4-1-5-12-21,22-13-6-2-7-14-22)23-15-8-3-9-16-23/h1-9,11-16,24H,10,17-20H2. The third-order valence-corrected chi connectivity index (χ3v) is 5.68. The summed E-state index contributed by atoms with van der Waals surface area (Å²) in [6, 6.07) is 31.7. The first-order valence-electron chi connectivity index (χ1n) is 9.95. The van der Waals surface area contributed by atoms with Gasteiger partial charge in [0.15, 0.2) is 0 Å². The molecule has 0 unspecified atom stereocenters. The predicted molar refractivity (Wildman–Crippen MR) is 116 cm³/mol. The maximum atomic E-state index is 6.97. The van der Waals surface area contributed by atoms with E-state index in [1.54, 1.807) is 0 Å². The summed E-state index contributed by atoms with van der Waals surface area (Å²) in [5, 5.41) is 0. The number of benzene rings is 3. The minimum Gasteiger partial charge on any atom is -0.355 e. The van der Waals surface area contributed by atoms with Crippen LogP contribution in [0.3, 0.4) is 0 Å².